The van der Waals surface area contributed by atoms with Gasteiger partial charge < -0.3 is 10.6 Å². The van der Waals surface area contributed by atoms with Crippen LogP contribution in [0.1, 0.15) is 43.2 Å². The molecule has 0 aliphatic carbocycles. The molecule has 2 aromatic rings. The number of likely N-dealkylation sites (tertiary alicyclic amines) is 1. The van der Waals surface area contributed by atoms with Gasteiger partial charge in [-0.25, -0.2) is 19.7 Å². The highest BCUT2D eigenvalue weighted by atomic mass is 32.1. The van der Waals surface area contributed by atoms with Crippen molar-refractivity contribution in [1.29, 1.82) is 5.26 Å². The maximum absolute atomic E-state index is 13.1. The van der Waals surface area contributed by atoms with E-state index in [0.29, 0.717) is 31.1 Å². The van der Waals surface area contributed by atoms with Gasteiger partial charge >= 0.3 is 6.03 Å². The maximum atomic E-state index is 13.1. The monoisotopic (exact) mass is 440 g/mol. The first kappa shape index (κ1) is 20.8. The standard InChI is InChI=1S/C19H20N8O3S/c1-11(14-10-23-17(31-14)24-12(2)28)26-5-3-19(4-6-26)15(29)27(18(30)25-19)16-21-8-13(7-20)9-22-16/h8-11H,3-6H2,1-2H3,(H,25,30)(H,23,24,28)/t11-/m1/s1. The Morgan fingerprint density at radius 1 is 1.26 bits per heavy atom. The third-order valence-corrected chi connectivity index (χ3v) is 6.63. The van der Waals surface area contributed by atoms with E-state index in [0.717, 1.165) is 9.78 Å². The summed E-state index contributed by atoms with van der Waals surface area (Å²) in [5, 5.41) is 14.9. The lowest BCUT2D eigenvalue weighted by Gasteiger charge is -2.39. The molecule has 12 heteroatoms. The highest BCUT2D eigenvalue weighted by Crippen LogP contribution is 2.35. The number of anilines is 2. The predicted molar refractivity (Wildman–Crippen MR) is 111 cm³/mol. The molecule has 11 nitrogen and oxygen atoms in total. The van der Waals surface area contributed by atoms with Gasteiger partial charge in [-0.1, -0.05) is 0 Å². The molecule has 2 saturated heterocycles. The van der Waals surface area contributed by atoms with Crippen LogP contribution in [-0.4, -0.2) is 56.3 Å². The van der Waals surface area contributed by atoms with E-state index >= 15 is 0 Å². The Labute approximate surface area is 182 Å². The minimum Gasteiger partial charge on any atom is -0.323 e. The van der Waals surface area contributed by atoms with Gasteiger partial charge in [-0.05, 0) is 19.8 Å². The molecule has 2 N–H and O–H groups in total. The average molecular weight is 440 g/mol. The largest absolute Gasteiger partial charge is 0.332 e. The summed E-state index contributed by atoms with van der Waals surface area (Å²) in [6, 6.07) is 1.41. The number of carbonyl (C=O) groups is 3. The molecule has 2 aromatic heterocycles. The van der Waals surface area contributed by atoms with Crippen LogP contribution in [-0.2, 0) is 9.59 Å². The zero-order chi connectivity index (χ0) is 22.2. The van der Waals surface area contributed by atoms with Crippen molar-refractivity contribution in [3.8, 4) is 6.07 Å². The topological polar surface area (TPSA) is 144 Å². The summed E-state index contributed by atoms with van der Waals surface area (Å²) in [6.07, 6.45) is 5.21. The number of aromatic nitrogens is 3. The number of hydrogen-bond donors (Lipinski definition) is 2. The highest BCUT2D eigenvalue weighted by Gasteiger charge is 2.54. The molecule has 0 bridgehead atoms. The molecule has 4 rings (SSSR count). The quantitative estimate of drug-likeness (QED) is 0.679. The zero-order valence-electron chi connectivity index (χ0n) is 17.0. The molecule has 4 amide bonds. The van der Waals surface area contributed by atoms with Gasteiger partial charge in [0.2, 0.25) is 11.9 Å². The molecule has 31 heavy (non-hydrogen) atoms. The first-order valence-corrected chi connectivity index (χ1v) is 10.5. The molecule has 1 spiro atoms. The van der Waals surface area contributed by atoms with Crippen molar-refractivity contribution >= 4 is 40.3 Å². The molecule has 0 aromatic carbocycles. The van der Waals surface area contributed by atoms with Crippen molar-refractivity contribution in [3.05, 3.63) is 29.0 Å². The molecule has 2 aliphatic rings. The Hall–Kier alpha value is -3.43. The normalized spacial score (nSPS) is 19.2. The maximum Gasteiger partial charge on any atom is 0.332 e. The van der Waals surface area contributed by atoms with E-state index in [1.807, 2.05) is 6.07 Å². The van der Waals surface area contributed by atoms with Crippen LogP contribution in [0.15, 0.2) is 18.6 Å². The van der Waals surface area contributed by atoms with Gasteiger partial charge in [0.05, 0.1) is 18.0 Å². The minimum absolute atomic E-state index is 0.0377. The van der Waals surface area contributed by atoms with Crippen LogP contribution in [0.3, 0.4) is 0 Å². The summed E-state index contributed by atoms with van der Waals surface area (Å²) in [4.78, 5) is 53.2. The second kappa shape index (κ2) is 8.01. The first-order valence-electron chi connectivity index (χ1n) is 9.69. The van der Waals surface area contributed by atoms with Crippen molar-refractivity contribution in [2.45, 2.75) is 38.3 Å². The van der Waals surface area contributed by atoms with Gasteiger partial charge in [0, 0.05) is 37.1 Å². The molecule has 160 valence electrons. The van der Waals surface area contributed by atoms with Gasteiger partial charge in [0.15, 0.2) is 5.13 Å². The Morgan fingerprint density at radius 2 is 1.94 bits per heavy atom. The second-order valence-electron chi connectivity index (χ2n) is 7.50. The van der Waals surface area contributed by atoms with Crippen LogP contribution in [0, 0.1) is 11.3 Å². The number of amides is 4. The van der Waals surface area contributed by atoms with Gasteiger partial charge in [0.25, 0.3) is 5.91 Å². The van der Waals surface area contributed by atoms with Crippen molar-refractivity contribution < 1.29 is 14.4 Å². The Bertz CT molecular complexity index is 1070. The summed E-state index contributed by atoms with van der Waals surface area (Å²) in [5.74, 6) is -0.579. The van der Waals surface area contributed by atoms with Gasteiger partial charge in [-0.3, -0.25) is 14.5 Å². The lowest BCUT2D eigenvalue weighted by Crippen LogP contribution is -2.55. The number of hydrogen-bond acceptors (Lipinski definition) is 9. The molecule has 0 saturated carbocycles. The number of nitriles is 1. The van der Waals surface area contributed by atoms with E-state index in [-0.39, 0.29) is 29.4 Å². The fourth-order valence-corrected chi connectivity index (χ4v) is 4.74. The number of thiazole rings is 1. The molecule has 2 fully saturated rings. The molecule has 0 radical (unpaired) electrons. The van der Waals surface area contributed by atoms with E-state index in [9.17, 15) is 14.4 Å². The summed E-state index contributed by atoms with van der Waals surface area (Å²) in [7, 11) is 0. The van der Waals surface area contributed by atoms with Crippen molar-refractivity contribution in [1.82, 2.24) is 25.2 Å². The number of nitrogens with zero attached hydrogens (tertiary/aromatic N) is 6. The SMILES string of the molecule is CC(=O)Nc1ncc([C@@H](C)N2CCC3(CC2)NC(=O)N(c2ncc(C#N)cn2)C3=O)s1. The van der Waals surface area contributed by atoms with E-state index < -0.39 is 11.6 Å². The molecular weight excluding hydrogens is 420 g/mol. The predicted octanol–water partition coefficient (Wildman–Crippen LogP) is 1.42. The number of nitrogens with one attached hydrogen (secondary N) is 2. The van der Waals surface area contributed by atoms with E-state index in [1.165, 1.54) is 30.7 Å². The smallest absolute Gasteiger partial charge is 0.323 e. The number of rotatable bonds is 4. The van der Waals surface area contributed by atoms with E-state index in [4.69, 9.17) is 5.26 Å². The Kier molecular flexibility index (Phi) is 5.38. The van der Waals surface area contributed by atoms with Crippen molar-refractivity contribution in [2.75, 3.05) is 23.3 Å². The van der Waals surface area contributed by atoms with Gasteiger partial charge in [0.1, 0.15) is 11.6 Å². The van der Waals surface area contributed by atoms with Crippen LogP contribution in [0.2, 0.25) is 0 Å². The summed E-state index contributed by atoms with van der Waals surface area (Å²) in [5.41, 5.74) is -0.739. The van der Waals surface area contributed by atoms with Gasteiger partial charge in [-0.2, -0.15) is 10.2 Å². The minimum atomic E-state index is -0.986. The van der Waals surface area contributed by atoms with E-state index in [2.05, 4.69) is 37.4 Å². The fraction of sp³-hybridized carbons (Fsp3) is 0.421. The lowest BCUT2D eigenvalue weighted by molar-refractivity contribution is -0.124. The Morgan fingerprint density at radius 3 is 2.55 bits per heavy atom. The zero-order valence-corrected chi connectivity index (χ0v) is 17.8. The molecule has 0 unspecified atom stereocenters. The van der Waals surface area contributed by atoms with Crippen molar-refractivity contribution in [3.63, 3.8) is 0 Å². The highest BCUT2D eigenvalue weighted by molar-refractivity contribution is 7.15. The molecular formula is C19H20N8O3S. The summed E-state index contributed by atoms with van der Waals surface area (Å²) >= 11 is 1.42. The number of piperidine rings is 1. The van der Waals surface area contributed by atoms with Crippen LogP contribution in [0.4, 0.5) is 15.9 Å². The van der Waals surface area contributed by atoms with E-state index in [1.54, 1.807) is 6.20 Å². The molecule has 1 atom stereocenters. The van der Waals surface area contributed by atoms with Gasteiger partial charge in [-0.15, -0.1) is 11.3 Å². The third-order valence-electron chi connectivity index (χ3n) is 5.55. The van der Waals surface area contributed by atoms with Crippen LogP contribution >= 0.6 is 11.3 Å². The average Bonchev–Trinajstić information content (AvgIpc) is 3.30. The van der Waals surface area contributed by atoms with Crippen LogP contribution in [0.25, 0.3) is 0 Å². The third kappa shape index (κ3) is 3.85. The molecule has 2 aliphatic heterocycles. The molecule has 4 heterocycles. The van der Waals surface area contributed by atoms with Crippen molar-refractivity contribution in [2.24, 2.45) is 0 Å². The van der Waals surface area contributed by atoms with Crippen LogP contribution < -0.4 is 15.5 Å². The summed E-state index contributed by atoms with van der Waals surface area (Å²) in [6.45, 7) is 4.69. The Balaban J connectivity index is 1.44. The lowest BCUT2D eigenvalue weighted by atomic mass is 9.87. The number of carbonyl (C=O) groups excluding carboxylic acids is 3. The first-order chi connectivity index (χ1) is 14.8. The summed E-state index contributed by atoms with van der Waals surface area (Å²) < 4.78 is 0. The fourth-order valence-electron chi connectivity index (χ4n) is 3.80. The number of imide groups is 1. The van der Waals surface area contributed by atoms with Crippen LogP contribution in [0.5, 0.6) is 0 Å². The number of urea groups is 1. The second-order valence-corrected chi connectivity index (χ2v) is 8.56.